The molecule has 2 aromatic heterocycles. The minimum Gasteiger partial charge on any atom is -0.326 e. The first kappa shape index (κ1) is 10.4. The predicted molar refractivity (Wildman–Crippen MR) is 61.1 cm³/mol. The van der Waals surface area contributed by atoms with Gasteiger partial charge >= 0.3 is 0 Å². The van der Waals surface area contributed by atoms with Gasteiger partial charge in [0.05, 0.1) is 9.21 Å². The Bertz CT molecular complexity index is 534. The molecule has 0 fully saturated rings. The van der Waals surface area contributed by atoms with Crippen LogP contribution in [0.1, 0.15) is 5.56 Å². The fraction of sp³-hybridized carbons (Fsp3) is 0.111. The van der Waals surface area contributed by atoms with E-state index in [1.807, 2.05) is 6.07 Å². The van der Waals surface area contributed by atoms with E-state index < -0.39 is 0 Å². The third-order valence-corrected chi connectivity index (χ3v) is 3.15. The molecule has 15 heavy (non-hydrogen) atoms. The molecule has 0 saturated heterocycles. The average molecular weight is 242 g/mol. The zero-order valence-corrected chi connectivity index (χ0v) is 9.23. The molecule has 2 aromatic rings. The highest BCUT2D eigenvalue weighted by atomic mass is 35.5. The van der Waals surface area contributed by atoms with E-state index in [0.717, 1.165) is 10.4 Å². The van der Waals surface area contributed by atoms with Crippen LogP contribution in [0, 0.1) is 0 Å². The molecule has 0 aliphatic carbocycles. The number of aromatic nitrogens is 2. The van der Waals surface area contributed by atoms with Gasteiger partial charge in [-0.3, -0.25) is 4.79 Å². The summed E-state index contributed by atoms with van der Waals surface area (Å²) < 4.78 is 0.681. The molecule has 3 N–H and O–H groups in total. The van der Waals surface area contributed by atoms with Crippen molar-refractivity contribution >= 4 is 22.9 Å². The smallest absolute Gasteiger partial charge is 0.264 e. The van der Waals surface area contributed by atoms with Crippen molar-refractivity contribution in [1.29, 1.82) is 0 Å². The van der Waals surface area contributed by atoms with Gasteiger partial charge in [0.2, 0.25) is 0 Å². The third-order valence-electron chi connectivity index (χ3n) is 1.91. The summed E-state index contributed by atoms with van der Waals surface area (Å²) in [5, 5.41) is 6.35. The van der Waals surface area contributed by atoms with E-state index in [9.17, 15) is 4.79 Å². The lowest BCUT2D eigenvalue weighted by atomic mass is 10.2. The minimum atomic E-state index is -0.248. The standard InChI is InChI=1S/C9H8ClN3OS/c10-7-2-1-6(15-7)9-5(4-11)3-8(14)12-13-9/h1-3H,4,11H2,(H,12,14). The minimum absolute atomic E-state index is 0.248. The molecule has 0 aromatic carbocycles. The highest BCUT2D eigenvalue weighted by Crippen LogP contribution is 2.30. The molecule has 0 amide bonds. The summed E-state index contributed by atoms with van der Waals surface area (Å²) in [6.45, 7) is 0.280. The molecule has 2 rings (SSSR count). The van der Waals surface area contributed by atoms with Crippen molar-refractivity contribution in [2.45, 2.75) is 6.54 Å². The van der Waals surface area contributed by atoms with Crippen molar-refractivity contribution in [2.75, 3.05) is 0 Å². The molecule has 0 saturated carbocycles. The molecule has 2 heterocycles. The van der Waals surface area contributed by atoms with E-state index in [4.69, 9.17) is 17.3 Å². The highest BCUT2D eigenvalue weighted by Gasteiger charge is 2.08. The maximum atomic E-state index is 11.0. The lowest BCUT2D eigenvalue weighted by Crippen LogP contribution is -2.12. The maximum absolute atomic E-state index is 11.0. The van der Waals surface area contributed by atoms with Gasteiger partial charge in [0.1, 0.15) is 5.69 Å². The molecule has 0 atom stereocenters. The van der Waals surface area contributed by atoms with Crippen LogP contribution in [-0.4, -0.2) is 10.2 Å². The van der Waals surface area contributed by atoms with Gasteiger partial charge in [-0.15, -0.1) is 11.3 Å². The van der Waals surface area contributed by atoms with E-state index in [1.165, 1.54) is 17.4 Å². The number of H-pyrrole nitrogens is 1. The van der Waals surface area contributed by atoms with Crippen LogP contribution >= 0.6 is 22.9 Å². The van der Waals surface area contributed by atoms with Crippen LogP contribution in [0.15, 0.2) is 23.0 Å². The predicted octanol–water partition coefficient (Wildman–Crippen LogP) is 1.61. The highest BCUT2D eigenvalue weighted by molar-refractivity contribution is 7.19. The number of hydrogen-bond acceptors (Lipinski definition) is 4. The van der Waals surface area contributed by atoms with Crippen molar-refractivity contribution in [3.8, 4) is 10.6 Å². The van der Waals surface area contributed by atoms with Crippen molar-refractivity contribution < 1.29 is 0 Å². The fourth-order valence-electron chi connectivity index (χ4n) is 1.25. The van der Waals surface area contributed by atoms with Crippen molar-refractivity contribution in [2.24, 2.45) is 5.73 Å². The van der Waals surface area contributed by atoms with Crippen molar-refractivity contribution in [1.82, 2.24) is 10.2 Å². The van der Waals surface area contributed by atoms with Crippen LogP contribution in [0.4, 0.5) is 0 Å². The molecule has 0 aliphatic heterocycles. The van der Waals surface area contributed by atoms with Crippen LogP contribution in [0.3, 0.4) is 0 Å². The maximum Gasteiger partial charge on any atom is 0.264 e. The Kier molecular flexibility index (Phi) is 2.86. The SMILES string of the molecule is NCc1cc(=O)[nH]nc1-c1ccc(Cl)s1. The number of nitrogens with two attached hydrogens (primary N) is 1. The van der Waals surface area contributed by atoms with Crippen LogP contribution in [0.25, 0.3) is 10.6 Å². The van der Waals surface area contributed by atoms with Crippen LogP contribution in [0.2, 0.25) is 4.34 Å². The summed E-state index contributed by atoms with van der Waals surface area (Å²) >= 11 is 7.23. The van der Waals surface area contributed by atoms with Crippen LogP contribution in [0.5, 0.6) is 0 Å². The van der Waals surface area contributed by atoms with Gasteiger partial charge < -0.3 is 5.73 Å². The molecule has 0 aliphatic rings. The summed E-state index contributed by atoms with van der Waals surface area (Å²) in [6.07, 6.45) is 0. The Hall–Kier alpha value is -1.17. The van der Waals surface area contributed by atoms with Gasteiger partial charge in [-0.05, 0) is 12.1 Å². The average Bonchev–Trinajstić information content (AvgIpc) is 2.64. The number of hydrogen-bond donors (Lipinski definition) is 2. The number of aromatic amines is 1. The van der Waals surface area contributed by atoms with Gasteiger partial charge in [0.25, 0.3) is 5.56 Å². The summed E-state index contributed by atoms with van der Waals surface area (Å²) in [6, 6.07) is 5.09. The van der Waals surface area contributed by atoms with Crippen molar-refractivity contribution in [3.05, 3.63) is 38.5 Å². The quantitative estimate of drug-likeness (QED) is 0.839. The van der Waals surface area contributed by atoms with E-state index in [-0.39, 0.29) is 12.1 Å². The summed E-state index contributed by atoms with van der Waals surface area (Å²) in [7, 11) is 0. The second kappa shape index (κ2) is 4.14. The van der Waals surface area contributed by atoms with Gasteiger partial charge in [-0.25, -0.2) is 5.10 Å². The molecular weight excluding hydrogens is 234 g/mol. The molecule has 78 valence electrons. The lowest BCUT2D eigenvalue weighted by Gasteiger charge is -2.01. The van der Waals surface area contributed by atoms with Crippen molar-refractivity contribution in [3.63, 3.8) is 0 Å². The number of nitrogens with one attached hydrogen (secondary N) is 1. The van der Waals surface area contributed by atoms with E-state index in [2.05, 4.69) is 10.2 Å². The molecule has 6 heteroatoms. The molecule has 0 bridgehead atoms. The van der Waals surface area contributed by atoms with Gasteiger partial charge in [0.15, 0.2) is 0 Å². The Morgan fingerprint density at radius 1 is 1.53 bits per heavy atom. The van der Waals surface area contributed by atoms with Gasteiger partial charge in [-0.1, -0.05) is 11.6 Å². The van der Waals surface area contributed by atoms with E-state index in [1.54, 1.807) is 6.07 Å². The molecule has 0 unspecified atom stereocenters. The van der Waals surface area contributed by atoms with E-state index in [0.29, 0.717) is 10.0 Å². The largest absolute Gasteiger partial charge is 0.326 e. The molecular formula is C9H8ClN3OS. The molecule has 0 spiro atoms. The Morgan fingerprint density at radius 3 is 2.93 bits per heavy atom. The van der Waals surface area contributed by atoms with Crippen LogP contribution in [-0.2, 0) is 6.54 Å². The number of thiophene rings is 1. The zero-order valence-electron chi connectivity index (χ0n) is 7.66. The summed E-state index contributed by atoms with van der Waals surface area (Å²) in [4.78, 5) is 11.9. The summed E-state index contributed by atoms with van der Waals surface area (Å²) in [5.41, 5.74) is 6.70. The zero-order chi connectivity index (χ0) is 10.8. The van der Waals surface area contributed by atoms with Crippen LogP contribution < -0.4 is 11.3 Å². The second-order valence-corrected chi connectivity index (χ2v) is 4.63. The summed E-state index contributed by atoms with van der Waals surface area (Å²) in [5.74, 6) is 0. The Morgan fingerprint density at radius 2 is 2.33 bits per heavy atom. The topological polar surface area (TPSA) is 71.8 Å². The first-order chi connectivity index (χ1) is 7.20. The lowest BCUT2D eigenvalue weighted by molar-refractivity contribution is 0.947. The molecule has 4 nitrogen and oxygen atoms in total. The Labute approximate surface area is 94.7 Å². The van der Waals surface area contributed by atoms with Gasteiger partial charge in [0, 0.05) is 18.2 Å². The molecule has 0 radical (unpaired) electrons. The number of nitrogens with zero attached hydrogens (tertiary/aromatic N) is 1. The monoisotopic (exact) mass is 241 g/mol. The number of halogens is 1. The van der Waals surface area contributed by atoms with E-state index >= 15 is 0 Å². The number of rotatable bonds is 2. The first-order valence-electron chi connectivity index (χ1n) is 4.25. The second-order valence-electron chi connectivity index (χ2n) is 2.91. The first-order valence-corrected chi connectivity index (χ1v) is 5.44. The van der Waals surface area contributed by atoms with Gasteiger partial charge in [-0.2, -0.15) is 5.10 Å². The fourth-order valence-corrected chi connectivity index (χ4v) is 2.32. The normalized spacial score (nSPS) is 10.5. The Balaban J connectivity index is 2.57. The third kappa shape index (κ3) is 2.09.